The molecule has 0 saturated carbocycles. The molecule has 2 atom stereocenters. The standard InChI is InChI=1S/C16H33F2O5PSi/c1-8-20-24(19,21-9-2)16(17,18)14-11-10-13(23-14)12-22-25(6,7)15(3,4)5/h13-14H,8-12H2,1-7H3/t13-,14?/m0/s1. The van der Waals surface area contributed by atoms with Crippen molar-refractivity contribution in [3.63, 3.8) is 0 Å². The molecule has 0 amide bonds. The van der Waals surface area contributed by atoms with Crippen LogP contribution in [0, 0.1) is 0 Å². The maximum atomic E-state index is 14.7. The molecule has 1 rings (SSSR count). The van der Waals surface area contributed by atoms with Crippen LogP contribution in [-0.2, 0) is 22.8 Å². The van der Waals surface area contributed by atoms with E-state index in [4.69, 9.17) is 18.2 Å². The number of hydrogen-bond donors (Lipinski definition) is 0. The highest BCUT2D eigenvalue weighted by Gasteiger charge is 2.61. The van der Waals surface area contributed by atoms with Crippen LogP contribution in [0.15, 0.2) is 0 Å². The monoisotopic (exact) mass is 402 g/mol. The summed E-state index contributed by atoms with van der Waals surface area (Å²) in [4.78, 5) is 0. The summed E-state index contributed by atoms with van der Waals surface area (Å²) in [6.45, 7) is 13.6. The molecule has 0 aromatic heterocycles. The lowest BCUT2D eigenvalue weighted by Crippen LogP contribution is -2.43. The van der Waals surface area contributed by atoms with E-state index in [0.29, 0.717) is 6.42 Å². The molecule has 0 radical (unpaired) electrons. The molecule has 5 nitrogen and oxygen atoms in total. The Morgan fingerprint density at radius 2 is 1.64 bits per heavy atom. The normalized spacial score (nSPS) is 23.2. The van der Waals surface area contributed by atoms with E-state index in [-0.39, 0.29) is 31.3 Å². The first kappa shape index (κ1) is 23.2. The van der Waals surface area contributed by atoms with Crippen molar-refractivity contribution in [2.45, 2.75) is 83.5 Å². The molecule has 0 aliphatic carbocycles. The highest BCUT2D eigenvalue weighted by molar-refractivity contribution is 7.55. The van der Waals surface area contributed by atoms with Crippen molar-refractivity contribution in [3.05, 3.63) is 0 Å². The fourth-order valence-corrected chi connectivity index (χ4v) is 5.00. The van der Waals surface area contributed by atoms with Gasteiger partial charge in [0.15, 0.2) is 8.32 Å². The fourth-order valence-electron chi connectivity index (χ4n) is 2.33. The van der Waals surface area contributed by atoms with E-state index in [1.54, 1.807) is 0 Å². The smallest absolute Gasteiger partial charge is 0.402 e. The zero-order chi connectivity index (χ0) is 19.5. The van der Waals surface area contributed by atoms with Crippen LogP contribution < -0.4 is 0 Å². The fraction of sp³-hybridized carbons (Fsp3) is 1.00. The molecule has 1 aliphatic heterocycles. The lowest BCUT2D eigenvalue weighted by molar-refractivity contribution is -0.101. The molecule has 0 spiro atoms. The molecule has 0 N–H and O–H groups in total. The van der Waals surface area contributed by atoms with Crippen molar-refractivity contribution in [2.75, 3.05) is 19.8 Å². The van der Waals surface area contributed by atoms with Gasteiger partial charge in [0.05, 0.1) is 25.9 Å². The lowest BCUT2D eigenvalue weighted by Gasteiger charge is -2.37. The molecule has 1 fully saturated rings. The van der Waals surface area contributed by atoms with Gasteiger partial charge in [-0.3, -0.25) is 4.57 Å². The van der Waals surface area contributed by atoms with Crippen LogP contribution in [-0.4, -0.2) is 46.0 Å². The van der Waals surface area contributed by atoms with Gasteiger partial charge < -0.3 is 18.2 Å². The first-order valence-electron chi connectivity index (χ1n) is 8.87. The van der Waals surface area contributed by atoms with E-state index >= 15 is 0 Å². The van der Waals surface area contributed by atoms with Gasteiger partial charge >= 0.3 is 13.3 Å². The molecule has 1 unspecified atom stereocenters. The summed E-state index contributed by atoms with van der Waals surface area (Å²) >= 11 is 0. The first-order valence-corrected chi connectivity index (χ1v) is 13.3. The summed E-state index contributed by atoms with van der Waals surface area (Å²) in [6, 6.07) is 0. The summed E-state index contributed by atoms with van der Waals surface area (Å²) in [5.74, 6) is 0. The third-order valence-electron chi connectivity index (χ3n) is 4.89. The predicted octanol–water partition coefficient (Wildman–Crippen LogP) is 5.41. The molecule has 1 aliphatic rings. The Labute approximate surface area is 151 Å². The van der Waals surface area contributed by atoms with Crippen molar-refractivity contribution >= 4 is 15.9 Å². The zero-order valence-corrected chi connectivity index (χ0v) is 18.3. The average molecular weight is 402 g/mol. The number of halogens is 2. The van der Waals surface area contributed by atoms with E-state index in [1.165, 1.54) is 13.8 Å². The molecule has 0 aromatic rings. The summed E-state index contributed by atoms with van der Waals surface area (Å²) in [5, 5.41) is 0.0363. The van der Waals surface area contributed by atoms with Gasteiger partial charge in [0.25, 0.3) is 0 Å². The number of ether oxygens (including phenoxy) is 1. The molecule has 1 heterocycles. The van der Waals surface area contributed by atoms with Gasteiger partial charge in [-0.1, -0.05) is 20.8 Å². The Hall–Kier alpha value is 0.147. The predicted molar refractivity (Wildman–Crippen MR) is 96.8 cm³/mol. The van der Waals surface area contributed by atoms with Crippen molar-refractivity contribution < 1.29 is 31.6 Å². The number of hydrogen-bond acceptors (Lipinski definition) is 5. The minimum atomic E-state index is -4.57. The van der Waals surface area contributed by atoms with Gasteiger partial charge in [-0.2, -0.15) is 8.78 Å². The molecule has 0 aromatic carbocycles. The second-order valence-corrected chi connectivity index (χ2v) is 14.7. The maximum Gasteiger partial charge on any atom is 0.402 e. The minimum Gasteiger partial charge on any atom is -0.414 e. The van der Waals surface area contributed by atoms with Gasteiger partial charge in [0.2, 0.25) is 0 Å². The first-order chi connectivity index (χ1) is 11.3. The largest absolute Gasteiger partial charge is 0.414 e. The Balaban J connectivity index is 2.73. The van der Waals surface area contributed by atoms with Gasteiger partial charge in [-0.15, -0.1) is 0 Å². The van der Waals surface area contributed by atoms with E-state index in [1.807, 2.05) is 0 Å². The highest BCUT2D eigenvalue weighted by atomic mass is 31.2. The van der Waals surface area contributed by atoms with Gasteiger partial charge in [0.1, 0.15) is 6.10 Å². The van der Waals surface area contributed by atoms with Crippen LogP contribution in [0.3, 0.4) is 0 Å². The quantitative estimate of drug-likeness (QED) is 0.381. The van der Waals surface area contributed by atoms with Crippen LogP contribution in [0.1, 0.15) is 47.5 Å². The van der Waals surface area contributed by atoms with E-state index < -0.39 is 33.8 Å². The summed E-state index contributed by atoms with van der Waals surface area (Å²) in [6.07, 6.45) is -1.37. The molecular weight excluding hydrogens is 369 g/mol. The topological polar surface area (TPSA) is 54.0 Å². The second-order valence-electron chi connectivity index (χ2n) is 7.82. The minimum absolute atomic E-state index is 0.0363. The molecular formula is C16H33F2O5PSi. The summed E-state index contributed by atoms with van der Waals surface area (Å²) in [7, 11) is -6.54. The van der Waals surface area contributed by atoms with Crippen molar-refractivity contribution in [1.82, 2.24) is 0 Å². The molecule has 150 valence electrons. The maximum absolute atomic E-state index is 14.7. The Kier molecular flexibility index (Phi) is 7.83. The van der Waals surface area contributed by atoms with E-state index in [9.17, 15) is 13.3 Å². The molecule has 25 heavy (non-hydrogen) atoms. The highest BCUT2D eigenvalue weighted by Crippen LogP contribution is 2.65. The third-order valence-corrected chi connectivity index (χ3v) is 11.6. The third kappa shape index (κ3) is 5.33. The van der Waals surface area contributed by atoms with E-state index in [0.717, 1.165) is 0 Å². The summed E-state index contributed by atoms with van der Waals surface area (Å²) in [5.41, 5.74) is -3.68. The van der Waals surface area contributed by atoms with Crippen molar-refractivity contribution in [1.29, 1.82) is 0 Å². The van der Waals surface area contributed by atoms with Crippen molar-refractivity contribution in [2.24, 2.45) is 0 Å². The zero-order valence-electron chi connectivity index (χ0n) is 16.4. The molecule has 9 heteroatoms. The Bertz CT molecular complexity index is 472. The van der Waals surface area contributed by atoms with Crippen LogP contribution in [0.4, 0.5) is 8.78 Å². The SMILES string of the molecule is CCOP(=O)(OCC)C(F)(F)C1CC[C@@H](CO[Si](C)(C)C(C)(C)C)O1. The number of alkyl halides is 2. The van der Waals surface area contributed by atoms with Gasteiger partial charge in [-0.25, -0.2) is 0 Å². The van der Waals surface area contributed by atoms with Gasteiger partial charge in [-0.05, 0) is 44.8 Å². The Morgan fingerprint density at radius 1 is 1.12 bits per heavy atom. The van der Waals surface area contributed by atoms with Crippen LogP contribution in [0.25, 0.3) is 0 Å². The van der Waals surface area contributed by atoms with Crippen molar-refractivity contribution in [3.8, 4) is 0 Å². The van der Waals surface area contributed by atoms with Gasteiger partial charge in [0, 0.05) is 0 Å². The molecule has 0 bridgehead atoms. The number of rotatable bonds is 9. The average Bonchev–Trinajstić information content (AvgIpc) is 2.94. The summed E-state index contributed by atoms with van der Waals surface area (Å²) < 4.78 is 63.1. The second kappa shape index (κ2) is 8.44. The van der Waals surface area contributed by atoms with Crippen LogP contribution in [0.5, 0.6) is 0 Å². The van der Waals surface area contributed by atoms with Crippen LogP contribution >= 0.6 is 7.60 Å². The molecule has 1 saturated heterocycles. The van der Waals surface area contributed by atoms with E-state index in [2.05, 4.69) is 33.9 Å². The lowest BCUT2D eigenvalue weighted by atomic mass is 10.2. The van der Waals surface area contributed by atoms with Crippen LogP contribution in [0.2, 0.25) is 18.1 Å². The Morgan fingerprint density at radius 3 is 2.08 bits per heavy atom.